The zero-order chi connectivity index (χ0) is 10.0. The monoisotopic (exact) mass is 261 g/mol. The Balaban J connectivity index is 3.32. The van der Waals surface area contributed by atoms with Gasteiger partial charge in [0, 0.05) is 10.0 Å². The number of phenols is 1. The lowest BCUT2D eigenvalue weighted by Crippen LogP contribution is -2.07. The minimum Gasteiger partial charge on any atom is -0.506 e. The summed E-state index contributed by atoms with van der Waals surface area (Å²) < 4.78 is 0.724. The third kappa shape index (κ3) is 2.05. The lowest BCUT2D eigenvalue weighted by molar-refractivity contribution is 0.465. The predicted molar refractivity (Wildman–Crippen MR) is 57.9 cm³/mol. The maximum absolute atomic E-state index is 9.59. The molecule has 0 saturated carbocycles. The summed E-state index contributed by atoms with van der Waals surface area (Å²) in [5.74, 6) is 0.00319. The second kappa shape index (κ2) is 4.13. The largest absolute Gasteiger partial charge is 0.506 e. The number of rotatable bonds is 2. The van der Waals surface area contributed by atoms with Gasteiger partial charge in [-0.2, -0.15) is 0 Å². The summed E-state index contributed by atoms with van der Waals surface area (Å²) in [6.07, 6.45) is 1.54. The fourth-order valence-corrected chi connectivity index (χ4v) is 1.74. The lowest BCUT2D eigenvalue weighted by Gasteiger charge is -2.12. The molecule has 0 aliphatic rings. The van der Waals surface area contributed by atoms with Crippen molar-refractivity contribution in [2.24, 2.45) is 5.73 Å². The van der Waals surface area contributed by atoms with E-state index in [-0.39, 0.29) is 10.8 Å². The van der Waals surface area contributed by atoms with Crippen molar-refractivity contribution in [3.05, 3.63) is 39.8 Å². The first kappa shape index (κ1) is 10.6. The molecule has 1 aromatic rings. The molecule has 0 spiro atoms. The molecule has 0 amide bonds. The molecule has 0 saturated heterocycles. The van der Waals surface area contributed by atoms with Crippen molar-refractivity contribution < 1.29 is 5.11 Å². The average molecular weight is 263 g/mol. The third-order valence-electron chi connectivity index (χ3n) is 1.70. The van der Waals surface area contributed by atoms with E-state index in [2.05, 4.69) is 22.5 Å². The summed E-state index contributed by atoms with van der Waals surface area (Å²) in [5, 5.41) is 9.88. The molecule has 0 unspecified atom stereocenters. The standard InChI is InChI=1S/C9H9BrClNO/c1-2-7(12)8-5(10)3-4-6(11)9(8)13/h2-4,7,13H,1,12H2/t7-/m0/s1. The van der Waals surface area contributed by atoms with Crippen molar-refractivity contribution in [2.75, 3.05) is 0 Å². The highest BCUT2D eigenvalue weighted by Crippen LogP contribution is 2.36. The summed E-state index contributed by atoms with van der Waals surface area (Å²) in [6, 6.07) is 2.91. The molecule has 3 N–H and O–H groups in total. The number of benzene rings is 1. The summed E-state index contributed by atoms with van der Waals surface area (Å²) >= 11 is 9.00. The number of phenolic OH excluding ortho intramolecular Hbond substituents is 1. The van der Waals surface area contributed by atoms with E-state index < -0.39 is 6.04 Å². The molecule has 0 aromatic heterocycles. The van der Waals surface area contributed by atoms with Crippen molar-refractivity contribution in [1.82, 2.24) is 0 Å². The number of hydrogen-bond acceptors (Lipinski definition) is 2. The van der Waals surface area contributed by atoms with E-state index in [9.17, 15) is 5.11 Å². The number of nitrogens with two attached hydrogens (primary N) is 1. The van der Waals surface area contributed by atoms with E-state index >= 15 is 0 Å². The maximum atomic E-state index is 9.59. The highest BCUT2D eigenvalue weighted by atomic mass is 79.9. The van der Waals surface area contributed by atoms with Crippen LogP contribution in [0.15, 0.2) is 29.3 Å². The molecule has 0 fully saturated rings. The van der Waals surface area contributed by atoms with Crippen LogP contribution >= 0.6 is 27.5 Å². The Labute approximate surface area is 90.1 Å². The Hall–Kier alpha value is -0.510. The van der Waals surface area contributed by atoms with Gasteiger partial charge in [-0.25, -0.2) is 0 Å². The molecular formula is C9H9BrClNO. The Kier molecular flexibility index (Phi) is 3.36. The van der Waals surface area contributed by atoms with Gasteiger partial charge in [-0.15, -0.1) is 6.58 Å². The average Bonchev–Trinajstić information content (AvgIpc) is 2.12. The van der Waals surface area contributed by atoms with Crippen molar-refractivity contribution in [3.63, 3.8) is 0 Å². The zero-order valence-corrected chi connectivity index (χ0v) is 9.14. The minimum absolute atomic E-state index is 0.00319. The first-order valence-electron chi connectivity index (χ1n) is 3.63. The molecule has 0 aliphatic carbocycles. The Bertz CT molecular complexity index is 341. The second-order valence-corrected chi connectivity index (χ2v) is 3.81. The molecule has 0 aliphatic heterocycles. The maximum Gasteiger partial charge on any atom is 0.140 e. The molecule has 70 valence electrons. The molecule has 0 bridgehead atoms. The lowest BCUT2D eigenvalue weighted by atomic mass is 10.1. The van der Waals surface area contributed by atoms with Crippen LogP contribution in [0.5, 0.6) is 5.75 Å². The summed E-state index contributed by atoms with van der Waals surface area (Å²) in [5.41, 5.74) is 6.26. The van der Waals surface area contributed by atoms with E-state index in [0.717, 1.165) is 4.47 Å². The minimum atomic E-state index is -0.423. The van der Waals surface area contributed by atoms with Crippen LogP contribution in [0.4, 0.5) is 0 Å². The zero-order valence-electron chi connectivity index (χ0n) is 6.80. The van der Waals surface area contributed by atoms with Crippen LogP contribution in [0.1, 0.15) is 11.6 Å². The molecular weight excluding hydrogens is 253 g/mol. The molecule has 2 nitrogen and oxygen atoms in total. The first-order valence-corrected chi connectivity index (χ1v) is 4.80. The second-order valence-electron chi connectivity index (χ2n) is 2.55. The number of hydrogen-bond donors (Lipinski definition) is 2. The van der Waals surface area contributed by atoms with Crippen molar-refractivity contribution in [1.29, 1.82) is 0 Å². The molecule has 0 heterocycles. The number of halogens is 2. The van der Waals surface area contributed by atoms with Crippen LogP contribution < -0.4 is 5.73 Å². The fraction of sp³-hybridized carbons (Fsp3) is 0.111. The normalized spacial score (nSPS) is 12.5. The third-order valence-corrected chi connectivity index (χ3v) is 2.70. The smallest absolute Gasteiger partial charge is 0.140 e. The van der Waals surface area contributed by atoms with Gasteiger partial charge in [-0.1, -0.05) is 33.6 Å². The van der Waals surface area contributed by atoms with Gasteiger partial charge in [0.15, 0.2) is 0 Å². The van der Waals surface area contributed by atoms with E-state index in [1.54, 1.807) is 12.1 Å². The van der Waals surface area contributed by atoms with Crippen LogP contribution in [0.25, 0.3) is 0 Å². The fourth-order valence-electron chi connectivity index (χ4n) is 0.992. The van der Waals surface area contributed by atoms with Crippen LogP contribution in [-0.4, -0.2) is 5.11 Å². The van der Waals surface area contributed by atoms with Crippen LogP contribution in [0, 0.1) is 0 Å². The molecule has 13 heavy (non-hydrogen) atoms. The Morgan fingerprint density at radius 1 is 1.62 bits per heavy atom. The van der Waals surface area contributed by atoms with Gasteiger partial charge in [-0.3, -0.25) is 0 Å². The van der Waals surface area contributed by atoms with E-state index in [1.165, 1.54) is 6.08 Å². The van der Waals surface area contributed by atoms with Gasteiger partial charge in [0.25, 0.3) is 0 Å². The first-order chi connectivity index (χ1) is 6.07. The summed E-state index contributed by atoms with van der Waals surface area (Å²) in [6.45, 7) is 3.55. The van der Waals surface area contributed by atoms with Gasteiger partial charge in [0.1, 0.15) is 5.75 Å². The Morgan fingerprint density at radius 3 is 2.77 bits per heavy atom. The van der Waals surface area contributed by atoms with Gasteiger partial charge < -0.3 is 10.8 Å². The van der Waals surface area contributed by atoms with Gasteiger partial charge in [0.05, 0.1) is 11.1 Å². The van der Waals surface area contributed by atoms with Gasteiger partial charge >= 0.3 is 0 Å². The van der Waals surface area contributed by atoms with Gasteiger partial charge in [-0.05, 0) is 12.1 Å². The van der Waals surface area contributed by atoms with Crippen molar-refractivity contribution in [2.45, 2.75) is 6.04 Å². The summed E-state index contributed by atoms with van der Waals surface area (Å²) in [4.78, 5) is 0. The molecule has 1 aromatic carbocycles. The van der Waals surface area contributed by atoms with Gasteiger partial charge in [0.2, 0.25) is 0 Å². The van der Waals surface area contributed by atoms with Crippen LogP contribution in [0.3, 0.4) is 0 Å². The predicted octanol–water partition coefficient (Wildman–Crippen LogP) is 2.99. The SMILES string of the molecule is C=C[C@H](N)c1c(Br)ccc(Cl)c1O. The van der Waals surface area contributed by atoms with E-state index in [1.807, 2.05) is 0 Å². The number of aromatic hydroxyl groups is 1. The van der Waals surface area contributed by atoms with E-state index in [4.69, 9.17) is 17.3 Å². The molecule has 4 heteroatoms. The van der Waals surface area contributed by atoms with E-state index in [0.29, 0.717) is 5.56 Å². The quantitative estimate of drug-likeness (QED) is 0.805. The van der Waals surface area contributed by atoms with Crippen LogP contribution in [-0.2, 0) is 0 Å². The molecule has 1 atom stereocenters. The molecule has 0 radical (unpaired) electrons. The highest BCUT2D eigenvalue weighted by Gasteiger charge is 2.14. The van der Waals surface area contributed by atoms with Crippen LogP contribution in [0.2, 0.25) is 5.02 Å². The van der Waals surface area contributed by atoms with Crippen molar-refractivity contribution >= 4 is 27.5 Å². The highest BCUT2D eigenvalue weighted by molar-refractivity contribution is 9.10. The Morgan fingerprint density at radius 2 is 2.23 bits per heavy atom. The topological polar surface area (TPSA) is 46.2 Å². The summed E-state index contributed by atoms with van der Waals surface area (Å²) in [7, 11) is 0. The van der Waals surface area contributed by atoms with Crippen molar-refractivity contribution in [3.8, 4) is 5.75 Å². The molecule has 1 rings (SSSR count).